The molecule has 1 aromatic heterocycles. The molecule has 0 saturated carbocycles. The highest BCUT2D eigenvalue weighted by atomic mass is 32.1. The van der Waals surface area contributed by atoms with Crippen molar-refractivity contribution in [2.24, 2.45) is 5.92 Å². The number of esters is 1. The van der Waals surface area contributed by atoms with Gasteiger partial charge in [0, 0.05) is 24.6 Å². The van der Waals surface area contributed by atoms with Crippen LogP contribution in [-0.4, -0.2) is 37.3 Å². The van der Waals surface area contributed by atoms with Gasteiger partial charge in [0.15, 0.2) is 5.13 Å². The third-order valence-electron chi connectivity index (χ3n) is 4.14. The summed E-state index contributed by atoms with van der Waals surface area (Å²) in [7, 11) is 0. The van der Waals surface area contributed by atoms with Crippen LogP contribution in [0.3, 0.4) is 0 Å². The first-order valence-electron chi connectivity index (χ1n) is 7.75. The van der Waals surface area contributed by atoms with Crippen molar-refractivity contribution >= 4 is 22.4 Å². The van der Waals surface area contributed by atoms with Gasteiger partial charge in [-0.25, -0.2) is 4.98 Å². The Bertz CT molecular complexity index is 497. The predicted molar refractivity (Wildman–Crippen MR) is 81.8 cm³/mol. The number of anilines is 1. The Hall–Kier alpha value is -1.14. The van der Waals surface area contributed by atoms with Crippen LogP contribution in [0, 0.1) is 5.92 Å². The molecule has 1 aliphatic carbocycles. The highest BCUT2D eigenvalue weighted by Crippen LogP contribution is 2.38. The van der Waals surface area contributed by atoms with E-state index in [-0.39, 0.29) is 11.9 Å². The topological polar surface area (TPSA) is 60.5 Å². The smallest absolute Gasteiger partial charge is 0.315 e. The molecule has 2 heterocycles. The normalized spacial score (nSPS) is 24.0. The molecule has 116 valence electrons. The fourth-order valence-electron chi connectivity index (χ4n) is 2.97. The van der Waals surface area contributed by atoms with Gasteiger partial charge in [0.25, 0.3) is 0 Å². The third-order valence-corrected chi connectivity index (χ3v) is 5.23. The lowest BCUT2D eigenvalue weighted by atomic mass is 10.1. The van der Waals surface area contributed by atoms with Crippen LogP contribution in [0.25, 0.3) is 0 Å². The Morgan fingerprint density at radius 1 is 1.52 bits per heavy atom. The standard InChI is InChI=1S/C15H22N2O3S/c1-2-20-14(18)11-3-4-12-13(11)17-15(21-12)16-7-5-10-6-8-19-9-10/h10-11H,2-9H2,1H3,(H,16,17). The number of carbonyl (C=O) groups excluding carboxylic acids is 1. The first kappa shape index (κ1) is 14.8. The maximum Gasteiger partial charge on any atom is 0.315 e. The first-order valence-corrected chi connectivity index (χ1v) is 8.57. The van der Waals surface area contributed by atoms with Gasteiger partial charge in [-0.1, -0.05) is 0 Å². The minimum Gasteiger partial charge on any atom is -0.465 e. The van der Waals surface area contributed by atoms with Gasteiger partial charge >= 0.3 is 5.97 Å². The molecule has 1 saturated heterocycles. The van der Waals surface area contributed by atoms with E-state index in [0.717, 1.165) is 49.8 Å². The lowest BCUT2D eigenvalue weighted by Crippen LogP contribution is -2.14. The van der Waals surface area contributed by atoms with Crippen molar-refractivity contribution in [3.05, 3.63) is 10.6 Å². The fourth-order valence-corrected chi connectivity index (χ4v) is 4.03. The Kier molecular flexibility index (Phi) is 4.75. The molecule has 3 rings (SSSR count). The van der Waals surface area contributed by atoms with E-state index in [2.05, 4.69) is 10.3 Å². The summed E-state index contributed by atoms with van der Waals surface area (Å²) in [5.74, 6) is 0.391. The number of aryl methyl sites for hydroxylation is 1. The molecule has 0 aromatic carbocycles. The van der Waals surface area contributed by atoms with E-state index in [0.29, 0.717) is 12.5 Å². The van der Waals surface area contributed by atoms with E-state index in [4.69, 9.17) is 9.47 Å². The number of nitrogens with zero attached hydrogens (tertiary/aromatic N) is 1. The van der Waals surface area contributed by atoms with Gasteiger partial charge in [0.1, 0.15) is 5.92 Å². The van der Waals surface area contributed by atoms with Crippen molar-refractivity contribution in [2.45, 2.75) is 38.5 Å². The molecule has 2 atom stereocenters. The molecule has 2 unspecified atom stereocenters. The lowest BCUT2D eigenvalue weighted by Gasteiger charge is -2.09. The van der Waals surface area contributed by atoms with Crippen molar-refractivity contribution < 1.29 is 14.3 Å². The van der Waals surface area contributed by atoms with Gasteiger partial charge in [0.2, 0.25) is 0 Å². The van der Waals surface area contributed by atoms with Crippen LogP contribution >= 0.6 is 11.3 Å². The van der Waals surface area contributed by atoms with E-state index in [9.17, 15) is 4.79 Å². The Balaban J connectivity index is 1.54. The quantitative estimate of drug-likeness (QED) is 0.818. The molecule has 1 fully saturated rings. The van der Waals surface area contributed by atoms with Gasteiger partial charge < -0.3 is 14.8 Å². The Labute approximate surface area is 129 Å². The summed E-state index contributed by atoms with van der Waals surface area (Å²) in [5, 5.41) is 4.33. The third kappa shape index (κ3) is 3.37. The minimum absolute atomic E-state index is 0.129. The van der Waals surface area contributed by atoms with E-state index in [1.54, 1.807) is 11.3 Å². The second-order valence-corrected chi connectivity index (χ2v) is 6.70. The van der Waals surface area contributed by atoms with Crippen LogP contribution in [0.2, 0.25) is 0 Å². The molecular weight excluding hydrogens is 288 g/mol. The van der Waals surface area contributed by atoms with E-state index in [1.807, 2.05) is 6.92 Å². The number of hydrogen-bond acceptors (Lipinski definition) is 6. The maximum absolute atomic E-state index is 11.9. The number of ether oxygens (including phenoxy) is 2. The van der Waals surface area contributed by atoms with Gasteiger partial charge in [-0.15, -0.1) is 11.3 Å². The van der Waals surface area contributed by atoms with Gasteiger partial charge in [0.05, 0.1) is 12.3 Å². The van der Waals surface area contributed by atoms with Crippen molar-refractivity contribution in [1.29, 1.82) is 0 Å². The van der Waals surface area contributed by atoms with Crippen LogP contribution in [0.1, 0.15) is 42.7 Å². The molecule has 5 nitrogen and oxygen atoms in total. The summed E-state index contributed by atoms with van der Waals surface area (Å²) in [6, 6.07) is 0. The predicted octanol–water partition coefficient (Wildman–Crippen LogP) is 2.57. The van der Waals surface area contributed by atoms with E-state index < -0.39 is 0 Å². The number of aromatic nitrogens is 1. The number of rotatable bonds is 6. The van der Waals surface area contributed by atoms with Gasteiger partial charge in [-0.2, -0.15) is 0 Å². The Morgan fingerprint density at radius 3 is 3.19 bits per heavy atom. The monoisotopic (exact) mass is 310 g/mol. The van der Waals surface area contributed by atoms with Crippen LogP contribution in [0.5, 0.6) is 0 Å². The van der Waals surface area contributed by atoms with Crippen LogP contribution in [0.4, 0.5) is 5.13 Å². The van der Waals surface area contributed by atoms with Crippen molar-refractivity contribution in [3.63, 3.8) is 0 Å². The molecule has 1 aromatic rings. The number of thiazole rings is 1. The highest BCUT2D eigenvalue weighted by Gasteiger charge is 2.33. The summed E-state index contributed by atoms with van der Waals surface area (Å²) < 4.78 is 10.5. The SMILES string of the molecule is CCOC(=O)C1CCc2sc(NCCC3CCOC3)nc21. The second kappa shape index (κ2) is 6.75. The molecule has 2 aliphatic rings. The molecule has 0 bridgehead atoms. The summed E-state index contributed by atoms with van der Waals surface area (Å²) in [5.41, 5.74) is 0.935. The zero-order valence-electron chi connectivity index (χ0n) is 12.4. The fraction of sp³-hybridized carbons (Fsp3) is 0.733. The summed E-state index contributed by atoms with van der Waals surface area (Å²) in [4.78, 5) is 17.8. The molecule has 1 N–H and O–H groups in total. The van der Waals surface area contributed by atoms with Crippen molar-refractivity contribution in [3.8, 4) is 0 Å². The van der Waals surface area contributed by atoms with Crippen LogP contribution in [-0.2, 0) is 20.7 Å². The van der Waals surface area contributed by atoms with Crippen molar-refractivity contribution in [1.82, 2.24) is 4.98 Å². The molecule has 0 radical (unpaired) electrons. The first-order chi connectivity index (χ1) is 10.3. The average Bonchev–Trinajstić information content (AvgIpc) is 3.14. The number of nitrogens with one attached hydrogen (secondary N) is 1. The number of hydrogen-bond donors (Lipinski definition) is 1. The summed E-state index contributed by atoms with van der Waals surface area (Å²) in [6.45, 7) is 4.99. The molecule has 0 amide bonds. The van der Waals surface area contributed by atoms with Crippen molar-refractivity contribution in [2.75, 3.05) is 31.7 Å². The number of fused-ring (bicyclic) bond motifs is 1. The minimum atomic E-state index is -0.157. The molecule has 1 aliphatic heterocycles. The highest BCUT2D eigenvalue weighted by molar-refractivity contribution is 7.15. The number of carbonyl (C=O) groups is 1. The van der Waals surface area contributed by atoms with E-state index >= 15 is 0 Å². The van der Waals surface area contributed by atoms with Crippen LogP contribution in [0.15, 0.2) is 0 Å². The summed E-state index contributed by atoms with van der Waals surface area (Å²) >= 11 is 1.68. The zero-order chi connectivity index (χ0) is 14.7. The van der Waals surface area contributed by atoms with Crippen LogP contribution < -0.4 is 5.32 Å². The van der Waals surface area contributed by atoms with E-state index in [1.165, 1.54) is 11.3 Å². The largest absolute Gasteiger partial charge is 0.465 e. The molecule has 0 spiro atoms. The lowest BCUT2D eigenvalue weighted by molar-refractivity contribution is -0.145. The zero-order valence-corrected chi connectivity index (χ0v) is 13.2. The maximum atomic E-state index is 11.9. The molecule has 6 heteroatoms. The molecule has 21 heavy (non-hydrogen) atoms. The van der Waals surface area contributed by atoms with Gasteiger partial charge in [-0.3, -0.25) is 4.79 Å². The second-order valence-electron chi connectivity index (χ2n) is 5.62. The van der Waals surface area contributed by atoms with Gasteiger partial charge in [-0.05, 0) is 38.5 Å². The Morgan fingerprint density at radius 2 is 2.43 bits per heavy atom. The summed E-state index contributed by atoms with van der Waals surface area (Å²) in [6.07, 6.45) is 4.06. The average molecular weight is 310 g/mol. The molecular formula is C15H22N2O3S.